The minimum absolute atomic E-state index is 0.0509. The smallest absolute Gasteiger partial charge is 0.253 e. The molecule has 1 aromatic carbocycles. The lowest BCUT2D eigenvalue weighted by Gasteiger charge is -2.58. The summed E-state index contributed by atoms with van der Waals surface area (Å²) < 4.78 is 7.24. The topological polar surface area (TPSA) is 101 Å². The van der Waals surface area contributed by atoms with E-state index in [0.717, 1.165) is 31.5 Å². The number of rotatable bonds is 3. The van der Waals surface area contributed by atoms with Gasteiger partial charge in [-0.3, -0.25) is 9.48 Å². The number of carbonyl (C=O) groups excluding carboxylic acids is 1. The molecule has 0 radical (unpaired) electrons. The van der Waals surface area contributed by atoms with Crippen LogP contribution in [-0.2, 0) is 5.41 Å². The van der Waals surface area contributed by atoms with Crippen LogP contribution in [0.3, 0.4) is 0 Å². The molecular formula is C23H24N6O2. The Bertz CT molecular complexity index is 1160. The van der Waals surface area contributed by atoms with Crippen molar-refractivity contribution in [2.24, 2.45) is 5.41 Å². The highest BCUT2D eigenvalue weighted by Crippen LogP contribution is 2.54. The number of likely N-dealkylation sites (tertiary alicyclic amines) is 1. The van der Waals surface area contributed by atoms with Gasteiger partial charge in [-0.15, -0.1) is 0 Å². The van der Waals surface area contributed by atoms with E-state index in [1.807, 2.05) is 60.8 Å². The van der Waals surface area contributed by atoms with Crippen molar-refractivity contribution >= 4 is 5.91 Å². The second kappa shape index (κ2) is 6.77. The summed E-state index contributed by atoms with van der Waals surface area (Å²) in [6, 6.07) is 11.5. The minimum atomic E-state index is -0.204. The molecule has 1 aliphatic heterocycles. The average molecular weight is 416 g/mol. The maximum atomic E-state index is 12.9. The van der Waals surface area contributed by atoms with Crippen LogP contribution in [0.15, 0.2) is 41.1 Å². The summed E-state index contributed by atoms with van der Waals surface area (Å²) in [4.78, 5) is 19.2. The van der Waals surface area contributed by atoms with Crippen molar-refractivity contribution in [3.05, 3.63) is 53.7 Å². The Hall–Kier alpha value is -3.47. The van der Waals surface area contributed by atoms with Crippen LogP contribution < -0.4 is 0 Å². The van der Waals surface area contributed by atoms with E-state index in [0.29, 0.717) is 29.0 Å². The van der Waals surface area contributed by atoms with Crippen LogP contribution in [0.25, 0.3) is 11.4 Å². The predicted molar refractivity (Wildman–Crippen MR) is 112 cm³/mol. The predicted octanol–water partition coefficient (Wildman–Crippen LogP) is 3.58. The molecule has 3 aromatic rings. The molecule has 8 nitrogen and oxygen atoms in total. The summed E-state index contributed by atoms with van der Waals surface area (Å²) in [6.07, 6.45) is 3.86. The van der Waals surface area contributed by atoms with Crippen LogP contribution >= 0.6 is 0 Å². The summed E-state index contributed by atoms with van der Waals surface area (Å²) in [6.45, 7) is 7.62. The van der Waals surface area contributed by atoms with Crippen molar-refractivity contribution < 1.29 is 9.32 Å². The van der Waals surface area contributed by atoms with Crippen molar-refractivity contribution in [3.8, 4) is 17.5 Å². The van der Waals surface area contributed by atoms with E-state index in [4.69, 9.17) is 9.78 Å². The zero-order valence-corrected chi connectivity index (χ0v) is 17.9. The highest BCUT2D eigenvalue weighted by molar-refractivity contribution is 5.95. The van der Waals surface area contributed by atoms with Crippen LogP contribution in [0.1, 0.15) is 61.6 Å². The van der Waals surface area contributed by atoms with Gasteiger partial charge < -0.3 is 9.42 Å². The van der Waals surface area contributed by atoms with Gasteiger partial charge in [0.25, 0.3) is 5.91 Å². The van der Waals surface area contributed by atoms with Crippen molar-refractivity contribution in [2.75, 3.05) is 13.1 Å². The standard InChI is InChI=1S/C23H24N6O2/c1-22(2,3)21-25-19(27-31-21)15-4-6-16(7-5-15)20(30)28-13-23(14-28)10-18(11-23)29-9-8-17(12-24)26-29/h4-9,18H,10-11,13-14H2,1-3H3. The molecule has 5 rings (SSSR count). The number of hydrogen-bond acceptors (Lipinski definition) is 6. The summed E-state index contributed by atoms with van der Waals surface area (Å²) >= 11 is 0. The Morgan fingerprint density at radius 3 is 2.48 bits per heavy atom. The maximum absolute atomic E-state index is 12.9. The molecular weight excluding hydrogens is 392 g/mol. The Morgan fingerprint density at radius 1 is 1.19 bits per heavy atom. The number of carbonyl (C=O) groups is 1. The normalized spacial score (nSPS) is 17.8. The Balaban J connectivity index is 1.19. The first-order chi connectivity index (χ1) is 14.8. The van der Waals surface area contributed by atoms with Crippen molar-refractivity contribution in [3.63, 3.8) is 0 Å². The quantitative estimate of drug-likeness (QED) is 0.647. The molecule has 1 aliphatic carbocycles. The van der Waals surface area contributed by atoms with E-state index in [-0.39, 0.29) is 16.7 Å². The van der Waals surface area contributed by atoms with Gasteiger partial charge >= 0.3 is 0 Å². The van der Waals surface area contributed by atoms with Gasteiger partial charge in [-0.05, 0) is 31.0 Å². The zero-order valence-electron chi connectivity index (χ0n) is 17.9. The molecule has 0 atom stereocenters. The number of nitrogens with zero attached hydrogens (tertiary/aromatic N) is 6. The van der Waals surface area contributed by atoms with Crippen molar-refractivity contribution in [2.45, 2.75) is 45.1 Å². The highest BCUT2D eigenvalue weighted by atomic mass is 16.5. The van der Waals surface area contributed by atoms with E-state index in [9.17, 15) is 4.79 Å². The van der Waals surface area contributed by atoms with E-state index < -0.39 is 0 Å². The van der Waals surface area contributed by atoms with E-state index in [1.54, 1.807) is 6.07 Å². The van der Waals surface area contributed by atoms with Gasteiger partial charge in [-0.2, -0.15) is 15.3 Å². The first-order valence-corrected chi connectivity index (χ1v) is 10.5. The Labute approximate surface area is 180 Å². The molecule has 158 valence electrons. The third-order valence-electron chi connectivity index (χ3n) is 6.23. The SMILES string of the molecule is CC(C)(C)c1nc(-c2ccc(C(=O)N3CC4(CC(n5ccc(C#N)n5)C4)C3)cc2)no1. The van der Waals surface area contributed by atoms with Crippen LogP contribution in [0.4, 0.5) is 0 Å². The highest BCUT2D eigenvalue weighted by Gasteiger charge is 2.54. The van der Waals surface area contributed by atoms with Gasteiger partial charge in [0.05, 0.1) is 6.04 Å². The molecule has 2 fully saturated rings. The maximum Gasteiger partial charge on any atom is 0.253 e. The molecule has 0 bridgehead atoms. The molecule has 1 saturated carbocycles. The van der Waals surface area contributed by atoms with Crippen LogP contribution in [0, 0.1) is 16.7 Å². The largest absolute Gasteiger partial charge is 0.338 e. The summed E-state index contributed by atoms with van der Waals surface area (Å²) in [5.41, 5.74) is 1.94. The molecule has 1 saturated heterocycles. The number of benzene rings is 1. The van der Waals surface area contributed by atoms with Crippen LogP contribution in [-0.4, -0.2) is 43.8 Å². The number of amides is 1. The van der Waals surface area contributed by atoms with Crippen LogP contribution in [0.2, 0.25) is 0 Å². The summed E-state index contributed by atoms with van der Waals surface area (Å²) in [7, 11) is 0. The Kier molecular flexibility index (Phi) is 4.26. The lowest BCUT2D eigenvalue weighted by Crippen LogP contribution is -2.63. The first-order valence-electron chi connectivity index (χ1n) is 10.5. The molecule has 2 aromatic heterocycles. The molecule has 2 aliphatic rings. The number of aromatic nitrogens is 4. The molecule has 0 N–H and O–H groups in total. The second-order valence-corrected chi connectivity index (χ2v) is 9.77. The van der Waals surface area contributed by atoms with Gasteiger partial charge in [-0.25, -0.2) is 0 Å². The van der Waals surface area contributed by atoms with E-state index >= 15 is 0 Å². The summed E-state index contributed by atoms with van der Waals surface area (Å²) in [5, 5.41) is 17.3. The third kappa shape index (κ3) is 3.40. The zero-order chi connectivity index (χ0) is 21.8. The van der Waals surface area contributed by atoms with Gasteiger partial charge in [-0.1, -0.05) is 38.1 Å². The fourth-order valence-electron chi connectivity index (χ4n) is 4.48. The van der Waals surface area contributed by atoms with Crippen molar-refractivity contribution in [1.82, 2.24) is 24.8 Å². The molecule has 1 amide bonds. The monoisotopic (exact) mass is 416 g/mol. The second-order valence-electron chi connectivity index (χ2n) is 9.77. The molecule has 31 heavy (non-hydrogen) atoms. The lowest BCUT2D eigenvalue weighted by molar-refractivity contribution is -0.0738. The van der Waals surface area contributed by atoms with Gasteiger partial charge in [0.1, 0.15) is 6.07 Å². The molecule has 0 unspecified atom stereocenters. The number of hydrogen-bond donors (Lipinski definition) is 0. The van der Waals surface area contributed by atoms with Crippen LogP contribution in [0.5, 0.6) is 0 Å². The minimum Gasteiger partial charge on any atom is -0.338 e. The van der Waals surface area contributed by atoms with Gasteiger partial charge in [0.15, 0.2) is 5.69 Å². The van der Waals surface area contributed by atoms with E-state index in [2.05, 4.69) is 21.3 Å². The average Bonchev–Trinajstić information content (AvgIpc) is 3.35. The molecule has 1 spiro atoms. The Morgan fingerprint density at radius 2 is 1.90 bits per heavy atom. The first kappa shape index (κ1) is 19.5. The van der Waals surface area contributed by atoms with Gasteiger partial charge in [0, 0.05) is 41.2 Å². The molecule has 3 heterocycles. The lowest BCUT2D eigenvalue weighted by atomic mass is 9.60. The fourth-order valence-corrected chi connectivity index (χ4v) is 4.48. The van der Waals surface area contributed by atoms with Crippen molar-refractivity contribution in [1.29, 1.82) is 5.26 Å². The van der Waals surface area contributed by atoms with Gasteiger partial charge in [0.2, 0.25) is 11.7 Å². The fraction of sp³-hybridized carbons (Fsp3) is 0.435. The number of nitriles is 1. The molecule has 8 heteroatoms. The third-order valence-corrected chi connectivity index (χ3v) is 6.23. The summed E-state index contributed by atoms with van der Waals surface area (Å²) in [5.74, 6) is 1.17. The van der Waals surface area contributed by atoms with E-state index in [1.165, 1.54) is 0 Å².